The first-order valence-electron chi connectivity index (χ1n) is 9.64. The lowest BCUT2D eigenvalue weighted by molar-refractivity contribution is 0.0955. The molecule has 7 nitrogen and oxygen atoms in total. The van der Waals surface area contributed by atoms with Gasteiger partial charge in [0.15, 0.2) is 0 Å². The Morgan fingerprint density at radius 1 is 1.00 bits per heavy atom. The van der Waals surface area contributed by atoms with E-state index < -0.39 is 15.9 Å². The Morgan fingerprint density at radius 3 is 2.32 bits per heavy atom. The minimum atomic E-state index is -3.76. The standard InChI is InChI=1S/C23H23N3O4S/c1-3-30-21-12-14-22(15-13-21)31(28,29)26-20-10-8-18(9-11-20)23(27)25-24-16-19-7-5-4-6-17(19)2/h4-16,26H,3H2,1-2H3,(H,25,27)/b24-16+. The monoisotopic (exact) mass is 437 g/mol. The maximum atomic E-state index is 12.5. The SMILES string of the molecule is CCOc1ccc(S(=O)(=O)Nc2ccc(C(=O)N/N=C/c3ccccc3C)cc2)cc1. The normalized spacial score (nSPS) is 11.3. The van der Waals surface area contributed by atoms with Gasteiger partial charge in [0.1, 0.15) is 5.75 Å². The molecule has 160 valence electrons. The van der Waals surface area contributed by atoms with Crippen LogP contribution in [-0.2, 0) is 10.0 Å². The highest BCUT2D eigenvalue weighted by atomic mass is 32.2. The highest BCUT2D eigenvalue weighted by Crippen LogP contribution is 2.19. The van der Waals surface area contributed by atoms with Crippen LogP contribution in [0.3, 0.4) is 0 Å². The van der Waals surface area contributed by atoms with Crippen LogP contribution in [0.15, 0.2) is 82.8 Å². The fraction of sp³-hybridized carbons (Fsp3) is 0.130. The van der Waals surface area contributed by atoms with Crippen molar-refractivity contribution >= 4 is 27.8 Å². The molecule has 3 rings (SSSR count). The number of nitrogens with zero attached hydrogens (tertiary/aromatic N) is 1. The molecule has 0 aliphatic heterocycles. The van der Waals surface area contributed by atoms with Crippen LogP contribution in [0.5, 0.6) is 5.75 Å². The second-order valence-electron chi connectivity index (χ2n) is 6.64. The number of carbonyl (C=O) groups excluding carboxylic acids is 1. The van der Waals surface area contributed by atoms with Crippen molar-refractivity contribution < 1.29 is 17.9 Å². The van der Waals surface area contributed by atoms with Gasteiger partial charge in [0, 0.05) is 11.3 Å². The van der Waals surface area contributed by atoms with E-state index in [1.54, 1.807) is 18.3 Å². The molecular weight excluding hydrogens is 414 g/mol. The molecule has 8 heteroatoms. The van der Waals surface area contributed by atoms with Gasteiger partial charge in [-0.2, -0.15) is 5.10 Å². The molecule has 3 aromatic carbocycles. The summed E-state index contributed by atoms with van der Waals surface area (Å²) in [7, 11) is -3.76. The van der Waals surface area contributed by atoms with Gasteiger partial charge in [0.25, 0.3) is 15.9 Å². The Labute approximate surface area is 181 Å². The molecule has 2 N–H and O–H groups in total. The van der Waals surface area contributed by atoms with Gasteiger partial charge >= 0.3 is 0 Å². The Kier molecular flexibility index (Phi) is 7.04. The molecule has 0 atom stereocenters. The molecule has 0 aliphatic carbocycles. The van der Waals surface area contributed by atoms with E-state index in [2.05, 4.69) is 15.2 Å². The first-order valence-corrected chi connectivity index (χ1v) is 11.1. The van der Waals surface area contributed by atoms with Crippen LogP contribution in [-0.4, -0.2) is 27.1 Å². The van der Waals surface area contributed by atoms with Crippen molar-refractivity contribution in [1.82, 2.24) is 5.43 Å². The summed E-state index contributed by atoms with van der Waals surface area (Å²) in [6, 6.07) is 19.9. The maximum Gasteiger partial charge on any atom is 0.271 e. The summed E-state index contributed by atoms with van der Waals surface area (Å²) in [6.45, 7) is 4.31. The molecule has 1 amide bonds. The van der Waals surface area contributed by atoms with Gasteiger partial charge < -0.3 is 4.74 Å². The van der Waals surface area contributed by atoms with Crippen LogP contribution in [0.4, 0.5) is 5.69 Å². The van der Waals surface area contributed by atoms with E-state index in [-0.39, 0.29) is 4.90 Å². The molecule has 0 fully saturated rings. The van der Waals surface area contributed by atoms with E-state index in [1.807, 2.05) is 38.1 Å². The van der Waals surface area contributed by atoms with Crippen LogP contribution in [0.1, 0.15) is 28.4 Å². The first kappa shape index (κ1) is 22.0. The summed E-state index contributed by atoms with van der Waals surface area (Å²) in [5.41, 5.74) is 5.11. The smallest absolute Gasteiger partial charge is 0.271 e. The van der Waals surface area contributed by atoms with Crippen molar-refractivity contribution in [3.63, 3.8) is 0 Å². The highest BCUT2D eigenvalue weighted by Gasteiger charge is 2.14. The molecule has 3 aromatic rings. The van der Waals surface area contributed by atoms with Crippen LogP contribution in [0.25, 0.3) is 0 Å². The average Bonchev–Trinajstić information content (AvgIpc) is 2.76. The molecule has 0 bridgehead atoms. The van der Waals surface area contributed by atoms with Crippen molar-refractivity contribution in [3.05, 3.63) is 89.5 Å². The summed E-state index contributed by atoms with van der Waals surface area (Å²) < 4.78 is 32.9. The minimum absolute atomic E-state index is 0.114. The van der Waals surface area contributed by atoms with Crippen molar-refractivity contribution in [2.45, 2.75) is 18.7 Å². The van der Waals surface area contributed by atoms with Gasteiger partial charge in [0.05, 0.1) is 17.7 Å². The predicted molar refractivity (Wildman–Crippen MR) is 121 cm³/mol. The zero-order valence-corrected chi connectivity index (χ0v) is 18.0. The third-order valence-corrected chi connectivity index (χ3v) is 5.80. The number of sulfonamides is 1. The van der Waals surface area contributed by atoms with E-state index in [0.717, 1.165) is 11.1 Å². The van der Waals surface area contributed by atoms with Crippen LogP contribution < -0.4 is 14.9 Å². The third-order valence-electron chi connectivity index (χ3n) is 4.40. The van der Waals surface area contributed by atoms with Gasteiger partial charge in [-0.3, -0.25) is 9.52 Å². The molecule has 0 aliphatic rings. The van der Waals surface area contributed by atoms with E-state index in [9.17, 15) is 13.2 Å². The molecule has 0 spiro atoms. The quantitative estimate of drug-likeness (QED) is 0.412. The summed E-state index contributed by atoms with van der Waals surface area (Å²) in [6.07, 6.45) is 1.58. The molecule has 0 heterocycles. The maximum absolute atomic E-state index is 12.5. The van der Waals surface area contributed by atoms with E-state index in [0.29, 0.717) is 23.6 Å². The van der Waals surface area contributed by atoms with Crippen molar-refractivity contribution in [1.29, 1.82) is 0 Å². The number of rotatable bonds is 8. The first-order chi connectivity index (χ1) is 14.9. The zero-order valence-electron chi connectivity index (χ0n) is 17.2. The van der Waals surface area contributed by atoms with Crippen molar-refractivity contribution in [2.24, 2.45) is 5.10 Å². The minimum Gasteiger partial charge on any atom is -0.494 e. The Hall–Kier alpha value is -3.65. The van der Waals surface area contributed by atoms with Gasteiger partial charge in [-0.1, -0.05) is 24.3 Å². The molecule has 31 heavy (non-hydrogen) atoms. The van der Waals surface area contributed by atoms with Crippen molar-refractivity contribution in [2.75, 3.05) is 11.3 Å². The number of hydrazone groups is 1. The number of amides is 1. The second-order valence-corrected chi connectivity index (χ2v) is 8.33. The Balaban J connectivity index is 1.62. The van der Waals surface area contributed by atoms with Gasteiger partial charge in [-0.25, -0.2) is 13.8 Å². The van der Waals surface area contributed by atoms with E-state index in [4.69, 9.17) is 4.74 Å². The van der Waals surface area contributed by atoms with E-state index >= 15 is 0 Å². The van der Waals surface area contributed by atoms with Crippen molar-refractivity contribution in [3.8, 4) is 5.75 Å². The lowest BCUT2D eigenvalue weighted by Crippen LogP contribution is -2.18. The van der Waals surface area contributed by atoms with Gasteiger partial charge in [-0.05, 0) is 73.5 Å². The van der Waals surface area contributed by atoms with Crippen LogP contribution >= 0.6 is 0 Å². The molecule has 0 aromatic heterocycles. The number of anilines is 1. The fourth-order valence-corrected chi connectivity index (χ4v) is 3.80. The number of carbonyl (C=O) groups is 1. The average molecular weight is 438 g/mol. The number of ether oxygens (including phenoxy) is 1. The lowest BCUT2D eigenvalue weighted by atomic mass is 10.1. The zero-order chi connectivity index (χ0) is 22.3. The molecule has 0 radical (unpaired) electrons. The number of aryl methyl sites for hydroxylation is 1. The summed E-state index contributed by atoms with van der Waals surface area (Å²) in [5, 5.41) is 3.97. The summed E-state index contributed by atoms with van der Waals surface area (Å²) >= 11 is 0. The second kappa shape index (κ2) is 9.90. The van der Waals surface area contributed by atoms with Gasteiger partial charge in [0.2, 0.25) is 0 Å². The third kappa shape index (κ3) is 5.93. The fourth-order valence-electron chi connectivity index (χ4n) is 2.74. The number of benzene rings is 3. The molecule has 0 saturated heterocycles. The molecule has 0 saturated carbocycles. The number of hydrogen-bond donors (Lipinski definition) is 2. The summed E-state index contributed by atoms with van der Waals surface area (Å²) in [4.78, 5) is 12.4. The Morgan fingerprint density at radius 2 is 1.68 bits per heavy atom. The molecule has 0 unspecified atom stereocenters. The number of nitrogens with one attached hydrogen (secondary N) is 2. The number of hydrogen-bond acceptors (Lipinski definition) is 5. The van der Waals surface area contributed by atoms with Crippen LogP contribution in [0, 0.1) is 6.92 Å². The largest absolute Gasteiger partial charge is 0.494 e. The van der Waals surface area contributed by atoms with Gasteiger partial charge in [-0.15, -0.1) is 0 Å². The Bertz CT molecular complexity index is 1170. The lowest BCUT2D eigenvalue weighted by Gasteiger charge is -2.09. The predicted octanol–water partition coefficient (Wildman–Crippen LogP) is 3.96. The highest BCUT2D eigenvalue weighted by molar-refractivity contribution is 7.92. The van der Waals surface area contributed by atoms with Crippen LogP contribution in [0.2, 0.25) is 0 Å². The molecular formula is C23H23N3O4S. The summed E-state index contributed by atoms with van der Waals surface area (Å²) in [5.74, 6) is 0.202. The topological polar surface area (TPSA) is 96.9 Å². The van der Waals surface area contributed by atoms with E-state index in [1.165, 1.54) is 36.4 Å².